The number of Topliss-reactive ketones (excluding diaryl/α,β-unsaturated/α-hetero) is 2. The van der Waals surface area contributed by atoms with E-state index in [1.54, 1.807) is 24.3 Å². The first-order valence-corrected chi connectivity index (χ1v) is 14.7. The standard InChI is InChI=1S/C32H43N3O4/c1-2-3-14-31(20-27(37)8-13-30(31)38)19-25-21-34-32(23-33-25)15-17-35(18-16-32)22-24-4-9-28(10-5-24)39-29-11-6-26(36)7-12-29/h4-7,9-12,25,33-34,36H,2-3,8,13-23H2,1H3/t25?,31-/m0/s1. The van der Waals surface area contributed by atoms with Crippen LogP contribution in [0.3, 0.4) is 0 Å². The van der Waals surface area contributed by atoms with Gasteiger partial charge in [-0.25, -0.2) is 0 Å². The summed E-state index contributed by atoms with van der Waals surface area (Å²) >= 11 is 0. The van der Waals surface area contributed by atoms with Gasteiger partial charge in [-0.05, 0) is 67.6 Å². The average molecular weight is 534 g/mol. The molecule has 210 valence electrons. The van der Waals surface area contributed by atoms with Crippen molar-refractivity contribution in [2.24, 2.45) is 5.41 Å². The van der Waals surface area contributed by atoms with Crippen LogP contribution in [-0.2, 0) is 16.1 Å². The van der Waals surface area contributed by atoms with Gasteiger partial charge in [0.15, 0.2) is 0 Å². The summed E-state index contributed by atoms with van der Waals surface area (Å²) < 4.78 is 5.87. The van der Waals surface area contributed by atoms with Crippen molar-refractivity contribution >= 4 is 11.6 Å². The minimum atomic E-state index is -0.455. The number of carbonyl (C=O) groups is 2. The van der Waals surface area contributed by atoms with Gasteiger partial charge in [-0.1, -0.05) is 31.9 Å². The third-order valence-electron chi connectivity index (χ3n) is 9.07. The zero-order valence-corrected chi connectivity index (χ0v) is 23.2. The quantitative estimate of drug-likeness (QED) is 0.419. The highest BCUT2D eigenvalue weighted by Gasteiger charge is 2.45. The van der Waals surface area contributed by atoms with Crippen LogP contribution in [0.2, 0.25) is 0 Å². The summed E-state index contributed by atoms with van der Waals surface area (Å²) in [6.45, 7) is 6.93. The zero-order valence-electron chi connectivity index (χ0n) is 23.2. The average Bonchev–Trinajstić information content (AvgIpc) is 2.95. The molecule has 0 amide bonds. The maximum Gasteiger partial charge on any atom is 0.139 e. The topological polar surface area (TPSA) is 90.9 Å². The predicted molar refractivity (Wildman–Crippen MR) is 152 cm³/mol. The van der Waals surface area contributed by atoms with Gasteiger partial charge in [-0.15, -0.1) is 0 Å². The van der Waals surface area contributed by atoms with Crippen LogP contribution in [0.15, 0.2) is 48.5 Å². The Bertz CT molecular complexity index is 1120. The summed E-state index contributed by atoms with van der Waals surface area (Å²) in [5, 5.41) is 17.1. The molecule has 3 N–H and O–H groups in total. The number of nitrogens with zero attached hydrogens (tertiary/aromatic N) is 1. The number of aromatic hydroxyl groups is 1. The molecule has 2 aromatic rings. The lowest BCUT2D eigenvalue weighted by Gasteiger charge is -2.48. The van der Waals surface area contributed by atoms with E-state index in [1.807, 2.05) is 12.1 Å². The van der Waals surface area contributed by atoms with Gasteiger partial charge in [0.1, 0.15) is 28.8 Å². The minimum absolute atomic E-state index is 0.109. The van der Waals surface area contributed by atoms with Crippen LogP contribution >= 0.6 is 0 Å². The molecule has 3 aliphatic rings. The Morgan fingerprint density at radius 2 is 1.69 bits per heavy atom. The number of hydrogen-bond acceptors (Lipinski definition) is 7. The Hall–Kier alpha value is -2.74. The van der Waals surface area contributed by atoms with Crippen molar-refractivity contribution < 1.29 is 19.4 Å². The van der Waals surface area contributed by atoms with Gasteiger partial charge in [-0.2, -0.15) is 0 Å². The molecule has 7 heteroatoms. The highest BCUT2D eigenvalue weighted by molar-refractivity contribution is 5.97. The first-order chi connectivity index (χ1) is 18.9. The van der Waals surface area contributed by atoms with E-state index in [0.29, 0.717) is 30.8 Å². The van der Waals surface area contributed by atoms with Gasteiger partial charge < -0.3 is 20.5 Å². The Kier molecular flexibility index (Phi) is 8.70. The molecule has 39 heavy (non-hydrogen) atoms. The molecular formula is C32H43N3O4. The van der Waals surface area contributed by atoms with Crippen molar-refractivity contribution in [2.45, 2.75) is 82.8 Å². The molecule has 2 saturated heterocycles. The van der Waals surface area contributed by atoms with Crippen molar-refractivity contribution in [1.29, 1.82) is 0 Å². The lowest BCUT2D eigenvalue weighted by molar-refractivity contribution is -0.140. The molecule has 1 spiro atoms. The number of piperidine rings is 1. The van der Waals surface area contributed by atoms with Crippen LogP contribution in [0, 0.1) is 5.41 Å². The highest BCUT2D eigenvalue weighted by atomic mass is 16.5. The summed E-state index contributed by atoms with van der Waals surface area (Å²) in [7, 11) is 0. The fourth-order valence-corrected chi connectivity index (χ4v) is 6.61. The van der Waals surface area contributed by atoms with E-state index in [4.69, 9.17) is 4.74 Å². The Morgan fingerprint density at radius 1 is 1.00 bits per heavy atom. The fourth-order valence-electron chi connectivity index (χ4n) is 6.61. The molecule has 1 aliphatic carbocycles. The predicted octanol–water partition coefficient (Wildman–Crippen LogP) is 4.97. The van der Waals surface area contributed by atoms with Gasteiger partial charge in [0.05, 0.1) is 0 Å². The number of ketones is 2. The number of phenolic OH excluding ortho intramolecular Hbond substituents is 1. The molecule has 2 heterocycles. The van der Waals surface area contributed by atoms with Crippen LogP contribution in [0.4, 0.5) is 0 Å². The number of hydrogen-bond donors (Lipinski definition) is 3. The van der Waals surface area contributed by atoms with Crippen molar-refractivity contribution in [2.75, 3.05) is 26.2 Å². The van der Waals surface area contributed by atoms with Crippen LogP contribution in [0.25, 0.3) is 0 Å². The van der Waals surface area contributed by atoms with Crippen molar-refractivity contribution in [3.8, 4) is 17.2 Å². The second-order valence-electron chi connectivity index (χ2n) is 12.0. The first-order valence-electron chi connectivity index (χ1n) is 14.7. The molecule has 0 aromatic heterocycles. The van der Waals surface area contributed by atoms with E-state index in [0.717, 1.165) is 77.0 Å². The van der Waals surface area contributed by atoms with Crippen LogP contribution in [-0.4, -0.2) is 59.3 Å². The summed E-state index contributed by atoms with van der Waals surface area (Å²) in [6.07, 6.45) is 7.16. The molecule has 2 aliphatic heterocycles. The largest absolute Gasteiger partial charge is 0.508 e. The van der Waals surface area contributed by atoms with E-state index in [1.165, 1.54) is 5.56 Å². The van der Waals surface area contributed by atoms with Crippen molar-refractivity contribution in [1.82, 2.24) is 15.5 Å². The second kappa shape index (κ2) is 12.2. The second-order valence-corrected chi connectivity index (χ2v) is 12.0. The maximum absolute atomic E-state index is 13.0. The van der Waals surface area contributed by atoms with Gasteiger partial charge in [0.25, 0.3) is 0 Å². The first kappa shape index (κ1) is 27.8. The number of unbranched alkanes of at least 4 members (excludes halogenated alkanes) is 1. The summed E-state index contributed by atoms with van der Waals surface area (Å²) in [4.78, 5) is 27.9. The summed E-state index contributed by atoms with van der Waals surface area (Å²) in [5.74, 6) is 2.28. The molecule has 5 rings (SSSR count). The highest BCUT2D eigenvalue weighted by Crippen LogP contribution is 2.41. The Balaban J connectivity index is 1.09. The normalized spacial score (nSPS) is 25.6. The number of piperazine rings is 1. The molecule has 1 unspecified atom stereocenters. The van der Waals surface area contributed by atoms with E-state index in [9.17, 15) is 14.7 Å². The van der Waals surface area contributed by atoms with Crippen LogP contribution in [0.5, 0.6) is 17.2 Å². The third-order valence-corrected chi connectivity index (χ3v) is 9.07. The van der Waals surface area contributed by atoms with Gasteiger partial charge in [0, 0.05) is 69.0 Å². The summed E-state index contributed by atoms with van der Waals surface area (Å²) in [5.41, 5.74) is 0.920. The number of carbonyl (C=O) groups excluding carboxylic acids is 2. The molecular weight excluding hydrogens is 490 g/mol. The van der Waals surface area contributed by atoms with Crippen LogP contribution < -0.4 is 15.4 Å². The molecule has 0 bridgehead atoms. The number of likely N-dealkylation sites (tertiary alicyclic amines) is 1. The van der Waals surface area contributed by atoms with Gasteiger partial charge in [-0.3, -0.25) is 14.5 Å². The number of rotatable bonds is 9. The lowest BCUT2D eigenvalue weighted by Crippen LogP contribution is -2.66. The van der Waals surface area contributed by atoms with E-state index in [-0.39, 0.29) is 23.1 Å². The number of phenols is 1. The minimum Gasteiger partial charge on any atom is -0.508 e. The Labute approximate surface area is 232 Å². The number of benzene rings is 2. The molecule has 1 saturated carbocycles. The molecule has 0 radical (unpaired) electrons. The van der Waals surface area contributed by atoms with Crippen LogP contribution in [0.1, 0.15) is 70.3 Å². The molecule has 2 atom stereocenters. The van der Waals surface area contributed by atoms with Gasteiger partial charge in [0.2, 0.25) is 0 Å². The monoisotopic (exact) mass is 533 g/mol. The molecule has 2 aromatic carbocycles. The van der Waals surface area contributed by atoms with Gasteiger partial charge >= 0.3 is 0 Å². The Morgan fingerprint density at radius 3 is 2.33 bits per heavy atom. The summed E-state index contributed by atoms with van der Waals surface area (Å²) in [6, 6.07) is 15.2. The number of nitrogens with one attached hydrogen (secondary N) is 2. The fraction of sp³-hybridized carbons (Fsp3) is 0.562. The van der Waals surface area contributed by atoms with E-state index >= 15 is 0 Å². The third kappa shape index (κ3) is 6.89. The van der Waals surface area contributed by atoms with E-state index < -0.39 is 5.41 Å². The number of ether oxygens (including phenoxy) is 1. The lowest BCUT2D eigenvalue weighted by atomic mass is 9.65. The van der Waals surface area contributed by atoms with Crippen molar-refractivity contribution in [3.63, 3.8) is 0 Å². The van der Waals surface area contributed by atoms with Crippen molar-refractivity contribution in [3.05, 3.63) is 54.1 Å². The maximum atomic E-state index is 13.0. The molecule has 7 nitrogen and oxygen atoms in total. The zero-order chi connectivity index (χ0) is 27.3. The SMILES string of the molecule is CCCC[C@]1(CC2CNC3(CCN(Cc4ccc(Oc5ccc(O)cc5)cc4)CC3)CN2)CC(=O)CCC1=O. The van der Waals surface area contributed by atoms with E-state index in [2.05, 4.69) is 34.6 Å². The smallest absolute Gasteiger partial charge is 0.139 e. The molecule has 3 fully saturated rings.